The Hall–Kier alpha value is -1.84. The lowest BCUT2D eigenvalue weighted by Crippen LogP contribution is -2.37. The average molecular weight is 289 g/mol. The largest absolute Gasteiger partial charge is 0.481 e. The second-order valence-electron chi connectivity index (χ2n) is 5.98. The van der Waals surface area contributed by atoms with Gasteiger partial charge in [-0.25, -0.2) is 0 Å². The number of carboxylic acid groups (broad SMARTS) is 1. The van der Waals surface area contributed by atoms with Crippen molar-refractivity contribution in [3.05, 3.63) is 29.8 Å². The minimum atomic E-state index is -0.845. The topological polar surface area (TPSA) is 57.6 Å². The number of aryl methyl sites for hydroxylation is 1. The van der Waals surface area contributed by atoms with Crippen LogP contribution >= 0.6 is 0 Å². The first kappa shape index (κ1) is 15.5. The lowest BCUT2D eigenvalue weighted by molar-refractivity contribution is -0.145. The lowest BCUT2D eigenvalue weighted by atomic mass is 9.94. The Labute approximate surface area is 125 Å². The fraction of sp³-hybridized carbons (Fsp3) is 0.529. The highest BCUT2D eigenvalue weighted by molar-refractivity contribution is 5.97. The molecule has 0 bridgehead atoms. The van der Waals surface area contributed by atoms with Gasteiger partial charge in [0, 0.05) is 12.7 Å². The maximum atomic E-state index is 12.7. The van der Waals surface area contributed by atoms with Crippen molar-refractivity contribution >= 4 is 17.6 Å². The normalized spacial score (nSPS) is 24.8. The molecule has 1 amide bonds. The first-order chi connectivity index (χ1) is 9.95. The molecule has 0 spiro atoms. The van der Waals surface area contributed by atoms with Gasteiger partial charge in [0.25, 0.3) is 0 Å². The summed E-state index contributed by atoms with van der Waals surface area (Å²) >= 11 is 0. The number of carboxylic acids is 1. The highest BCUT2D eigenvalue weighted by Gasteiger charge is 2.43. The van der Waals surface area contributed by atoms with E-state index in [1.165, 1.54) is 0 Å². The smallest absolute Gasteiger partial charge is 0.307 e. The number of hydrogen-bond donors (Lipinski definition) is 1. The molecule has 4 nitrogen and oxygen atoms in total. The molecule has 3 atom stereocenters. The molecule has 1 fully saturated rings. The fourth-order valence-electron chi connectivity index (χ4n) is 3.33. The second kappa shape index (κ2) is 6.29. The Morgan fingerprint density at radius 1 is 1.24 bits per heavy atom. The predicted octanol–water partition coefficient (Wildman–Crippen LogP) is 3.09. The molecule has 1 N–H and O–H groups in total. The summed E-state index contributed by atoms with van der Waals surface area (Å²) in [5, 5.41) is 9.38. The molecule has 1 aromatic rings. The third kappa shape index (κ3) is 3.09. The van der Waals surface area contributed by atoms with E-state index < -0.39 is 17.8 Å². The van der Waals surface area contributed by atoms with E-state index in [2.05, 4.69) is 6.92 Å². The highest BCUT2D eigenvalue weighted by Crippen LogP contribution is 2.40. The van der Waals surface area contributed by atoms with Crippen LogP contribution in [-0.2, 0) is 9.59 Å². The summed E-state index contributed by atoms with van der Waals surface area (Å²) in [7, 11) is 1.74. The van der Waals surface area contributed by atoms with Crippen molar-refractivity contribution in [1.29, 1.82) is 0 Å². The van der Waals surface area contributed by atoms with Gasteiger partial charge >= 0.3 is 5.97 Å². The number of amides is 1. The van der Waals surface area contributed by atoms with Crippen molar-refractivity contribution in [2.75, 3.05) is 11.9 Å². The number of benzene rings is 1. The molecular weight excluding hydrogens is 266 g/mol. The molecule has 1 aromatic carbocycles. The number of nitrogens with zero attached hydrogens (tertiary/aromatic N) is 1. The number of carbonyl (C=O) groups excluding carboxylic acids is 1. The molecule has 1 unspecified atom stereocenters. The van der Waals surface area contributed by atoms with Crippen LogP contribution in [0.5, 0.6) is 0 Å². The highest BCUT2D eigenvalue weighted by atomic mass is 16.4. The van der Waals surface area contributed by atoms with Gasteiger partial charge in [-0.15, -0.1) is 0 Å². The predicted molar refractivity (Wildman–Crippen MR) is 82.2 cm³/mol. The van der Waals surface area contributed by atoms with E-state index in [0.717, 1.165) is 17.7 Å². The first-order valence-electron chi connectivity index (χ1n) is 7.51. The van der Waals surface area contributed by atoms with Gasteiger partial charge < -0.3 is 10.0 Å². The van der Waals surface area contributed by atoms with Crippen molar-refractivity contribution in [2.45, 2.75) is 33.1 Å². The number of anilines is 1. The Morgan fingerprint density at radius 2 is 1.86 bits per heavy atom. The molecule has 1 aliphatic carbocycles. The molecule has 114 valence electrons. The summed E-state index contributed by atoms with van der Waals surface area (Å²) in [4.78, 5) is 25.8. The van der Waals surface area contributed by atoms with Gasteiger partial charge in [0.2, 0.25) is 5.91 Å². The van der Waals surface area contributed by atoms with Crippen LogP contribution in [0, 0.1) is 24.7 Å². The van der Waals surface area contributed by atoms with Crippen LogP contribution in [0.2, 0.25) is 0 Å². The molecule has 0 aromatic heterocycles. The first-order valence-corrected chi connectivity index (χ1v) is 7.51. The summed E-state index contributed by atoms with van der Waals surface area (Å²) in [5.74, 6) is -1.54. The summed E-state index contributed by atoms with van der Waals surface area (Å²) in [5.41, 5.74) is 1.87. The van der Waals surface area contributed by atoms with Crippen molar-refractivity contribution in [1.82, 2.24) is 0 Å². The van der Waals surface area contributed by atoms with Crippen LogP contribution in [-0.4, -0.2) is 24.0 Å². The van der Waals surface area contributed by atoms with Crippen LogP contribution in [0.1, 0.15) is 31.7 Å². The van der Waals surface area contributed by atoms with Crippen LogP contribution in [0.4, 0.5) is 5.69 Å². The number of hydrogen-bond acceptors (Lipinski definition) is 2. The van der Waals surface area contributed by atoms with Gasteiger partial charge in [-0.3, -0.25) is 9.59 Å². The van der Waals surface area contributed by atoms with Crippen LogP contribution in [0.3, 0.4) is 0 Å². The zero-order valence-electron chi connectivity index (χ0n) is 12.9. The molecule has 0 heterocycles. The third-order valence-electron chi connectivity index (χ3n) is 4.68. The van der Waals surface area contributed by atoms with Crippen molar-refractivity contribution in [3.8, 4) is 0 Å². The monoisotopic (exact) mass is 289 g/mol. The van der Waals surface area contributed by atoms with Gasteiger partial charge in [0.05, 0.1) is 11.8 Å². The maximum Gasteiger partial charge on any atom is 0.307 e. The lowest BCUT2D eigenvalue weighted by Gasteiger charge is -2.25. The summed E-state index contributed by atoms with van der Waals surface area (Å²) in [6.07, 6.45) is 2.23. The van der Waals surface area contributed by atoms with Crippen molar-refractivity contribution in [2.24, 2.45) is 17.8 Å². The number of rotatable bonds is 4. The summed E-state index contributed by atoms with van der Waals surface area (Å²) < 4.78 is 0. The second-order valence-corrected chi connectivity index (χ2v) is 5.98. The minimum absolute atomic E-state index is 0.0762. The molecule has 0 radical (unpaired) electrons. The molecule has 1 aliphatic rings. The van der Waals surface area contributed by atoms with E-state index in [9.17, 15) is 14.7 Å². The fourth-order valence-corrected chi connectivity index (χ4v) is 3.33. The van der Waals surface area contributed by atoms with Gasteiger partial charge in [0.1, 0.15) is 0 Å². The van der Waals surface area contributed by atoms with E-state index >= 15 is 0 Å². The quantitative estimate of drug-likeness (QED) is 0.926. The number of aliphatic carboxylic acids is 1. The Kier molecular flexibility index (Phi) is 4.66. The molecular formula is C17H23NO3. The van der Waals surface area contributed by atoms with E-state index in [0.29, 0.717) is 18.8 Å². The molecule has 21 heavy (non-hydrogen) atoms. The van der Waals surface area contributed by atoms with Crippen LogP contribution < -0.4 is 4.90 Å². The van der Waals surface area contributed by atoms with E-state index in [1.807, 2.05) is 31.2 Å². The standard InChI is InChI=1S/C17H23NO3/c1-4-12-9-13(14(10-12)17(20)21)16(19)18(3)15-8-6-5-7-11(15)2/h5-8,12-14H,4,9-10H2,1-3H3,(H,20,21)/t12?,13-,14+/m0/s1. The van der Waals surface area contributed by atoms with Gasteiger partial charge in [-0.05, 0) is 37.3 Å². The Balaban J connectivity index is 2.22. The zero-order chi connectivity index (χ0) is 15.6. The molecule has 4 heteroatoms. The Morgan fingerprint density at radius 3 is 2.43 bits per heavy atom. The molecule has 0 saturated heterocycles. The average Bonchev–Trinajstić information content (AvgIpc) is 2.90. The van der Waals surface area contributed by atoms with E-state index in [1.54, 1.807) is 11.9 Å². The molecule has 2 rings (SSSR count). The van der Waals surface area contributed by atoms with E-state index in [4.69, 9.17) is 0 Å². The maximum absolute atomic E-state index is 12.7. The van der Waals surface area contributed by atoms with Gasteiger partial charge in [0.15, 0.2) is 0 Å². The van der Waals surface area contributed by atoms with Crippen molar-refractivity contribution < 1.29 is 14.7 Å². The van der Waals surface area contributed by atoms with Crippen LogP contribution in [0.15, 0.2) is 24.3 Å². The summed E-state index contributed by atoms with van der Waals surface area (Å²) in [6.45, 7) is 4.01. The summed E-state index contributed by atoms with van der Waals surface area (Å²) in [6, 6.07) is 7.68. The third-order valence-corrected chi connectivity index (χ3v) is 4.68. The van der Waals surface area contributed by atoms with Crippen molar-refractivity contribution in [3.63, 3.8) is 0 Å². The zero-order valence-corrected chi connectivity index (χ0v) is 12.9. The number of carbonyl (C=O) groups is 2. The van der Waals surface area contributed by atoms with E-state index in [-0.39, 0.29) is 5.91 Å². The Bertz CT molecular complexity index is 541. The van der Waals surface area contributed by atoms with Crippen LogP contribution in [0.25, 0.3) is 0 Å². The number of para-hydroxylation sites is 1. The van der Waals surface area contributed by atoms with Gasteiger partial charge in [-0.2, -0.15) is 0 Å². The SMILES string of the molecule is CCC1C[C@H](C(=O)N(C)c2ccccc2C)[C@H](C(=O)O)C1. The minimum Gasteiger partial charge on any atom is -0.481 e. The molecule has 1 saturated carbocycles. The molecule has 0 aliphatic heterocycles. The van der Waals surface area contributed by atoms with Gasteiger partial charge in [-0.1, -0.05) is 31.5 Å².